The summed E-state index contributed by atoms with van der Waals surface area (Å²) < 4.78 is 35.1. The van der Waals surface area contributed by atoms with Gasteiger partial charge in [-0.15, -0.1) is 0 Å². The van der Waals surface area contributed by atoms with Gasteiger partial charge in [0.2, 0.25) is 5.91 Å². The van der Waals surface area contributed by atoms with E-state index >= 15 is 0 Å². The molecule has 1 fully saturated rings. The first kappa shape index (κ1) is 23.7. The van der Waals surface area contributed by atoms with Gasteiger partial charge in [-0.2, -0.15) is 8.78 Å². The standard InChI is InChI=1S/C20H31F2N5O3/c1-4-23-20(24-7-8-26-9-11-27(12-10-26)15(2)28)25-14-16-13-17(29-3)5-6-18(16)30-19(21)22/h5-6,13,19H,4,7-12,14H2,1-3H3,(H2,23,24,25). The number of guanidine groups is 1. The Hall–Kier alpha value is -2.62. The second kappa shape index (κ2) is 12.2. The number of hydrogen-bond donors (Lipinski definition) is 2. The second-order valence-electron chi connectivity index (χ2n) is 6.82. The third-order valence-electron chi connectivity index (χ3n) is 4.77. The van der Waals surface area contributed by atoms with Crippen LogP contribution in [0.15, 0.2) is 23.2 Å². The summed E-state index contributed by atoms with van der Waals surface area (Å²) in [5, 5.41) is 6.41. The van der Waals surface area contributed by atoms with Crippen molar-refractivity contribution in [2.75, 3.05) is 52.9 Å². The molecule has 2 N–H and O–H groups in total. The third kappa shape index (κ3) is 7.66. The highest BCUT2D eigenvalue weighted by molar-refractivity contribution is 5.79. The van der Waals surface area contributed by atoms with Crippen LogP contribution in [-0.2, 0) is 11.3 Å². The van der Waals surface area contributed by atoms with E-state index in [4.69, 9.17) is 4.74 Å². The minimum atomic E-state index is -2.91. The molecule has 1 heterocycles. The highest BCUT2D eigenvalue weighted by Gasteiger charge is 2.18. The van der Waals surface area contributed by atoms with Crippen LogP contribution in [0.25, 0.3) is 0 Å². The molecule has 1 saturated heterocycles. The number of piperazine rings is 1. The topological polar surface area (TPSA) is 78.4 Å². The van der Waals surface area contributed by atoms with E-state index in [1.54, 1.807) is 19.1 Å². The molecule has 8 nitrogen and oxygen atoms in total. The summed E-state index contributed by atoms with van der Waals surface area (Å²) in [6.07, 6.45) is 0. The number of alkyl halides is 2. The Bertz CT molecular complexity index is 710. The molecular weight excluding hydrogens is 396 g/mol. The van der Waals surface area contributed by atoms with Crippen LogP contribution in [-0.4, -0.2) is 81.2 Å². The van der Waals surface area contributed by atoms with Crippen molar-refractivity contribution in [2.24, 2.45) is 4.99 Å². The molecule has 0 bridgehead atoms. The zero-order valence-electron chi connectivity index (χ0n) is 17.8. The van der Waals surface area contributed by atoms with Crippen LogP contribution in [0.5, 0.6) is 11.5 Å². The van der Waals surface area contributed by atoms with Gasteiger partial charge in [0.15, 0.2) is 5.96 Å². The monoisotopic (exact) mass is 427 g/mol. The molecule has 1 aromatic carbocycles. The van der Waals surface area contributed by atoms with Gasteiger partial charge < -0.3 is 25.0 Å². The third-order valence-corrected chi connectivity index (χ3v) is 4.77. The van der Waals surface area contributed by atoms with Crippen molar-refractivity contribution in [3.8, 4) is 11.5 Å². The second-order valence-corrected chi connectivity index (χ2v) is 6.82. The van der Waals surface area contributed by atoms with Gasteiger partial charge in [-0.3, -0.25) is 9.69 Å². The Morgan fingerprint density at radius 3 is 2.57 bits per heavy atom. The number of ether oxygens (including phenoxy) is 2. The molecule has 1 aromatic rings. The summed E-state index contributed by atoms with van der Waals surface area (Å²) in [7, 11) is 1.51. The Morgan fingerprint density at radius 1 is 1.23 bits per heavy atom. The quantitative estimate of drug-likeness (QED) is 0.460. The Balaban J connectivity index is 1.92. The van der Waals surface area contributed by atoms with Gasteiger partial charge in [0, 0.05) is 58.3 Å². The molecule has 0 aromatic heterocycles. The van der Waals surface area contributed by atoms with E-state index in [1.165, 1.54) is 13.2 Å². The first-order chi connectivity index (χ1) is 14.4. The van der Waals surface area contributed by atoms with Gasteiger partial charge in [-0.1, -0.05) is 0 Å². The van der Waals surface area contributed by atoms with Crippen LogP contribution < -0.4 is 20.1 Å². The van der Waals surface area contributed by atoms with Crippen molar-refractivity contribution < 1.29 is 23.0 Å². The lowest BCUT2D eigenvalue weighted by atomic mass is 10.2. The first-order valence-electron chi connectivity index (χ1n) is 10.0. The molecule has 0 spiro atoms. The van der Waals surface area contributed by atoms with Gasteiger partial charge in [0.05, 0.1) is 13.7 Å². The molecule has 168 valence electrons. The molecule has 30 heavy (non-hydrogen) atoms. The van der Waals surface area contributed by atoms with Gasteiger partial charge >= 0.3 is 6.61 Å². The van der Waals surface area contributed by atoms with Crippen LogP contribution in [0.4, 0.5) is 8.78 Å². The minimum Gasteiger partial charge on any atom is -0.497 e. The van der Waals surface area contributed by atoms with Crippen molar-refractivity contribution >= 4 is 11.9 Å². The lowest BCUT2D eigenvalue weighted by molar-refractivity contribution is -0.130. The van der Waals surface area contributed by atoms with Gasteiger partial charge in [0.1, 0.15) is 11.5 Å². The lowest BCUT2D eigenvalue weighted by Crippen LogP contribution is -2.50. The number of nitrogens with one attached hydrogen (secondary N) is 2. The van der Waals surface area contributed by atoms with Crippen LogP contribution in [0.1, 0.15) is 19.4 Å². The molecular formula is C20H31F2N5O3. The molecule has 1 amide bonds. The van der Waals surface area contributed by atoms with E-state index in [9.17, 15) is 13.6 Å². The minimum absolute atomic E-state index is 0.0775. The maximum atomic E-state index is 12.7. The summed E-state index contributed by atoms with van der Waals surface area (Å²) in [4.78, 5) is 20.0. The summed E-state index contributed by atoms with van der Waals surface area (Å²) in [5.74, 6) is 1.32. The van der Waals surface area contributed by atoms with Gasteiger partial charge in [0.25, 0.3) is 0 Å². The summed E-state index contributed by atoms with van der Waals surface area (Å²) >= 11 is 0. The van der Waals surface area contributed by atoms with Crippen molar-refractivity contribution in [3.63, 3.8) is 0 Å². The van der Waals surface area contributed by atoms with E-state index in [2.05, 4.69) is 25.3 Å². The highest BCUT2D eigenvalue weighted by Crippen LogP contribution is 2.26. The van der Waals surface area contributed by atoms with Crippen molar-refractivity contribution in [1.82, 2.24) is 20.4 Å². The maximum Gasteiger partial charge on any atom is 0.387 e. The number of carbonyl (C=O) groups excluding carboxylic acids is 1. The smallest absolute Gasteiger partial charge is 0.387 e. The number of aliphatic imine (C=N–C) groups is 1. The van der Waals surface area contributed by atoms with Gasteiger partial charge in [-0.05, 0) is 25.1 Å². The number of hydrogen-bond acceptors (Lipinski definition) is 5. The molecule has 1 aliphatic rings. The number of amides is 1. The van der Waals surface area contributed by atoms with E-state index in [0.717, 1.165) is 32.7 Å². The van der Waals surface area contributed by atoms with Crippen molar-refractivity contribution in [3.05, 3.63) is 23.8 Å². The average Bonchev–Trinajstić information content (AvgIpc) is 2.72. The van der Waals surface area contributed by atoms with Crippen molar-refractivity contribution in [2.45, 2.75) is 27.0 Å². The summed E-state index contributed by atoms with van der Waals surface area (Å²) in [6.45, 7) is 6.12. The average molecular weight is 427 g/mol. The van der Waals surface area contributed by atoms with E-state index in [0.29, 0.717) is 30.4 Å². The Labute approximate surface area is 176 Å². The Morgan fingerprint density at radius 2 is 1.97 bits per heavy atom. The zero-order valence-corrected chi connectivity index (χ0v) is 17.8. The number of benzene rings is 1. The van der Waals surface area contributed by atoms with E-state index in [-0.39, 0.29) is 18.2 Å². The number of nitrogens with zero attached hydrogens (tertiary/aromatic N) is 3. The molecule has 10 heteroatoms. The predicted octanol–water partition coefficient (Wildman–Crippen LogP) is 1.52. The number of carbonyl (C=O) groups is 1. The predicted molar refractivity (Wildman–Crippen MR) is 111 cm³/mol. The molecule has 0 atom stereocenters. The molecule has 2 rings (SSSR count). The van der Waals surface area contributed by atoms with Gasteiger partial charge in [-0.25, -0.2) is 4.99 Å². The molecule has 0 unspecified atom stereocenters. The van der Waals surface area contributed by atoms with E-state index in [1.807, 2.05) is 11.8 Å². The molecule has 0 saturated carbocycles. The summed E-state index contributed by atoms with van der Waals surface area (Å²) in [6, 6.07) is 4.66. The Kier molecular flexibility index (Phi) is 9.59. The fourth-order valence-corrected chi connectivity index (χ4v) is 3.14. The highest BCUT2D eigenvalue weighted by atomic mass is 19.3. The normalized spacial score (nSPS) is 15.3. The van der Waals surface area contributed by atoms with Crippen LogP contribution >= 0.6 is 0 Å². The summed E-state index contributed by atoms with van der Waals surface area (Å²) in [5.41, 5.74) is 0.507. The molecule has 1 aliphatic heterocycles. The molecule has 0 radical (unpaired) electrons. The number of rotatable bonds is 9. The van der Waals surface area contributed by atoms with E-state index < -0.39 is 6.61 Å². The fraction of sp³-hybridized carbons (Fsp3) is 0.600. The SMILES string of the molecule is CCNC(=NCc1cc(OC)ccc1OC(F)F)NCCN1CCN(C(C)=O)CC1. The van der Waals surface area contributed by atoms with Crippen LogP contribution in [0.3, 0.4) is 0 Å². The first-order valence-corrected chi connectivity index (χ1v) is 10.0. The number of methoxy groups -OCH3 is 1. The largest absolute Gasteiger partial charge is 0.497 e. The number of halogens is 2. The molecule has 0 aliphatic carbocycles. The maximum absolute atomic E-state index is 12.7. The lowest BCUT2D eigenvalue weighted by Gasteiger charge is -2.34. The van der Waals surface area contributed by atoms with Crippen molar-refractivity contribution in [1.29, 1.82) is 0 Å². The van der Waals surface area contributed by atoms with Crippen LogP contribution in [0.2, 0.25) is 0 Å². The zero-order chi connectivity index (χ0) is 21.9. The van der Waals surface area contributed by atoms with Crippen LogP contribution in [0, 0.1) is 0 Å². The fourth-order valence-electron chi connectivity index (χ4n) is 3.14.